The van der Waals surface area contributed by atoms with Crippen molar-refractivity contribution in [2.24, 2.45) is 5.92 Å². The van der Waals surface area contributed by atoms with Crippen LogP contribution in [0, 0.1) is 5.92 Å². The molecule has 2 rings (SSSR count). The number of hydrogen-bond donors (Lipinski definition) is 2. The first-order valence-electron chi connectivity index (χ1n) is 9.15. The molecule has 0 unspecified atom stereocenters. The summed E-state index contributed by atoms with van der Waals surface area (Å²) in [5, 5.41) is 5.60. The first kappa shape index (κ1) is 20.2. The molecule has 2 fully saturated rings. The molecule has 1 spiro atoms. The van der Waals surface area contributed by atoms with Crippen molar-refractivity contribution in [2.45, 2.75) is 64.5 Å². The first-order valence-corrected chi connectivity index (χ1v) is 9.15. The number of carbonyl (C=O) groups excluding carboxylic acids is 4. The molecule has 0 radical (unpaired) electrons. The molecule has 5 amide bonds. The van der Waals surface area contributed by atoms with Crippen LogP contribution in [0.3, 0.4) is 0 Å². The van der Waals surface area contributed by atoms with E-state index in [1.807, 2.05) is 27.7 Å². The van der Waals surface area contributed by atoms with Crippen molar-refractivity contribution in [2.75, 3.05) is 20.1 Å². The van der Waals surface area contributed by atoms with E-state index in [1.54, 1.807) is 0 Å². The largest absolute Gasteiger partial charge is 0.350 e. The lowest BCUT2D eigenvalue weighted by Gasteiger charge is -2.36. The van der Waals surface area contributed by atoms with Gasteiger partial charge in [0.15, 0.2) is 0 Å². The van der Waals surface area contributed by atoms with Crippen LogP contribution in [0.1, 0.15) is 53.4 Å². The highest BCUT2D eigenvalue weighted by Crippen LogP contribution is 2.38. The SMILES string of the molecule is C[C@@H]1CCCC[C@@]12NC(=O)N(CC(=O)N(C)CC(=O)NC(C)(C)C)C2=O. The fraction of sp³-hybridized carbons (Fsp3) is 0.778. The molecule has 1 heterocycles. The molecule has 1 aliphatic heterocycles. The molecule has 1 saturated heterocycles. The van der Waals surface area contributed by atoms with Gasteiger partial charge in [-0.1, -0.05) is 19.8 Å². The highest BCUT2D eigenvalue weighted by Gasteiger charge is 2.55. The molecule has 26 heavy (non-hydrogen) atoms. The van der Waals surface area contributed by atoms with Crippen molar-refractivity contribution < 1.29 is 19.2 Å². The maximum atomic E-state index is 12.9. The first-order chi connectivity index (χ1) is 12.0. The Labute approximate surface area is 154 Å². The van der Waals surface area contributed by atoms with Gasteiger partial charge >= 0.3 is 6.03 Å². The van der Waals surface area contributed by atoms with E-state index in [2.05, 4.69) is 10.6 Å². The lowest BCUT2D eigenvalue weighted by Crippen LogP contribution is -2.54. The van der Waals surface area contributed by atoms with Crippen molar-refractivity contribution in [1.29, 1.82) is 0 Å². The van der Waals surface area contributed by atoms with Gasteiger partial charge in [0.05, 0.1) is 6.54 Å². The van der Waals surface area contributed by atoms with Crippen LogP contribution in [0.15, 0.2) is 0 Å². The van der Waals surface area contributed by atoms with E-state index in [9.17, 15) is 19.2 Å². The summed E-state index contributed by atoms with van der Waals surface area (Å²) in [6.45, 7) is 7.05. The number of urea groups is 1. The molecule has 1 aliphatic carbocycles. The Kier molecular flexibility index (Phi) is 5.63. The van der Waals surface area contributed by atoms with Gasteiger partial charge in [-0.2, -0.15) is 0 Å². The zero-order valence-electron chi connectivity index (χ0n) is 16.3. The van der Waals surface area contributed by atoms with Gasteiger partial charge in [-0.05, 0) is 39.5 Å². The lowest BCUT2D eigenvalue weighted by molar-refractivity contribution is -0.141. The molecule has 0 aromatic rings. The standard InChI is InChI=1S/C18H30N4O4/c1-12-8-6-7-9-18(12)15(25)22(16(26)20-18)11-14(24)21(5)10-13(23)19-17(2,3)4/h12H,6-11H2,1-5H3,(H,19,23)(H,20,26)/t12-,18-/m1/s1. The minimum absolute atomic E-state index is 0.0445. The van der Waals surface area contributed by atoms with Crippen LogP contribution < -0.4 is 10.6 Å². The number of nitrogens with zero attached hydrogens (tertiary/aromatic N) is 2. The molecule has 0 aromatic heterocycles. The molecule has 2 N–H and O–H groups in total. The number of rotatable bonds is 4. The number of carbonyl (C=O) groups is 4. The second kappa shape index (κ2) is 7.25. The molecule has 8 nitrogen and oxygen atoms in total. The van der Waals surface area contributed by atoms with Gasteiger partial charge in [-0.15, -0.1) is 0 Å². The summed E-state index contributed by atoms with van der Waals surface area (Å²) in [7, 11) is 1.49. The molecule has 2 aliphatic rings. The molecule has 8 heteroatoms. The van der Waals surface area contributed by atoms with Crippen molar-refractivity contribution in [3.05, 3.63) is 0 Å². The Morgan fingerprint density at radius 2 is 1.96 bits per heavy atom. The Balaban J connectivity index is 1.99. The van der Waals surface area contributed by atoms with E-state index in [-0.39, 0.29) is 30.8 Å². The average molecular weight is 366 g/mol. The average Bonchev–Trinajstić information content (AvgIpc) is 2.73. The summed E-state index contributed by atoms with van der Waals surface area (Å²) < 4.78 is 0. The van der Waals surface area contributed by atoms with Crippen LogP contribution in [0.2, 0.25) is 0 Å². The van der Waals surface area contributed by atoms with Crippen molar-refractivity contribution >= 4 is 23.8 Å². The van der Waals surface area contributed by atoms with E-state index in [0.717, 1.165) is 24.2 Å². The van der Waals surface area contributed by atoms with E-state index in [0.29, 0.717) is 6.42 Å². The van der Waals surface area contributed by atoms with Crippen LogP contribution in [-0.4, -0.2) is 64.8 Å². The summed E-state index contributed by atoms with van der Waals surface area (Å²) in [4.78, 5) is 51.8. The van der Waals surface area contributed by atoms with Crippen LogP contribution in [0.4, 0.5) is 4.79 Å². The minimum atomic E-state index is -0.877. The van der Waals surface area contributed by atoms with Gasteiger partial charge < -0.3 is 15.5 Å². The second-order valence-electron chi connectivity index (χ2n) is 8.49. The zero-order chi connectivity index (χ0) is 19.7. The van der Waals surface area contributed by atoms with E-state index in [1.165, 1.54) is 11.9 Å². The van der Waals surface area contributed by atoms with Crippen LogP contribution in [0.5, 0.6) is 0 Å². The van der Waals surface area contributed by atoms with Gasteiger partial charge in [0.2, 0.25) is 11.8 Å². The molecule has 0 bridgehead atoms. The Bertz CT molecular complexity index is 613. The van der Waals surface area contributed by atoms with E-state index in [4.69, 9.17) is 0 Å². The molecular formula is C18H30N4O4. The highest BCUT2D eigenvalue weighted by atomic mass is 16.2. The molecular weight excluding hydrogens is 336 g/mol. The van der Waals surface area contributed by atoms with E-state index >= 15 is 0 Å². The third kappa shape index (κ3) is 4.16. The van der Waals surface area contributed by atoms with Crippen molar-refractivity contribution in [3.63, 3.8) is 0 Å². The fourth-order valence-corrected chi connectivity index (χ4v) is 3.66. The lowest BCUT2D eigenvalue weighted by atomic mass is 9.73. The topological polar surface area (TPSA) is 98.8 Å². The maximum absolute atomic E-state index is 12.9. The van der Waals surface area contributed by atoms with Gasteiger partial charge in [0.25, 0.3) is 5.91 Å². The summed E-state index contributed by atoms with van der Waals surface area (Å²) in [5.74, 6) is -1.01. The van der Waals surface area contributed by atoms with Gasteiger partial charge in [-0.25, -0.2) is 4.79 Å². The van der Waals surface area contributed by atoms with Gasteiger partial charge in [-0.3, -0.25) is 19.3 Å². The Morgan fingerprint density at radius 3 is 2.54 bits per heavy atom. The highest BCUT2D eigenvalue weighted by molar-refractivity contribution is 6.09. The van der Waals surface area contributed by atoms with E-state index < -0.39 is 23.0 Å². The second-order valence-corrected chi connectivity index (χ2v) is 8.49. The van der Waals surface area contributed by atoms with Crippen LogP contribution >= 0.6 is 0 Å². The number of likely N-dealkylation sites (N-methyl/N-ethyl adjacent to an activating group) is 1. The minimum Gasteiger partial charge on any atom is -0.350 e. The third-order valence-electron chi connectivity index (χ3n) is 5.12. The van der Waals surface area contributed by atoms with Gasteiger partial charge in [0.1, 0.15) is 12.1 Å². The Morgan fingerprint density at radius 1 is 1.31 bits per heavy atom. The molecule has 2 atom stereocenters. The number of amides is 5. The maximum Gasteiger partial charge on any atom is 0.325 e. The normalized spacial score (nSPS) is 26.0. The molecule has 146 valence electrons. The van der Waals surface area contributed by atoms with Crippen LogP contribution in [0.25, 0.3) is 0 Å². The number of hydrogen-bond acceptors (Lipinski definition) is 4. The monoisotopic (exact) mass is 366 g/mol. The number of imide groups is 1. The summed E-state index contributed by atoms with van der Waals surface area (Å²) in [5.41, 5.74) is -1.27. The predicted molar refractivity (Wildman–Crippen MR) is 96.1 cm³/mol. The summed E-state index contributed by atoms with van der Waals surface area (Å²) in [6, 6.07) is -0.523. The molecule has 1 saturated carbocycles. The summed E-state index contributed by atoms with van der Waals surface area (Å²) >= 11 is 0. The predicted octanol–water partition coefficient (Wildman–Crippen LogP) is 0.860. The molecule has 0 aromatic carbocycles. The number of nitrogens with one attached hydrogen (secondary N) is 2. The van der Waals surface area contributed by atoms with Crippen LogP contribution in [-0.2, 0) is 14.4 Å². The third-order valence-corrected chi connectivity index (χ3v) is 5.12. The van der Waals surface area contributed by atoms with Crippen molar-refractivity contribution in [1.82, 2.24) is 20.4 Å². The zero-order valence-corrected chi connectivity index (χ0v) is 16.3. The smallest absolute Gasteiger partial charge is 0.325 e. The summed E-state index contributed by atoms with van der Waals surface area (Å²) in [6.07, 6.45) is 3.40. The fourth-order valence-electron chi connectivity index (χ4n) is 3.66. The van der Waals surface area contributed by atoms with Gasteiger partial charge in [0, 0.05) is 12.6 Å². The quantitative estimate of drug-likeness (QED) is 0.721. The Hall–Kier alpha value is -2.12. The van der Waals surface area contributed by atoms with Crippen molar-refractivity contribution in [3.8, 4) is 0 Å².